The van der Waals surface area contributed by atoms with Crippen molar-refractivity contribution in [3.8, 4) is 0 Å². The number of hydrogen-bond acceptors (Lipinski definition) is 6. The van der Waals surface area contributed by atoms with Crippen LogP contribution in [0.25, 0.3) is 11.0 Å². The number of ether oxygens (including phenoxy) is 1. The van der Waals surface area contributed by atoms with Gasteiger partial charge in [-0.3, -0.25) is 9.58 Å². The number of aryl methyl sites for hydroxylation is 2. The van der Waals surface area contributed by atoms with Crippen LogP contribution in [-0.2, 0) is 18.2 Å². The molecule has 3 rings (SSSR count). The Morgan fingerprint density at radius 3 is 2.86 bits per heavy atom. The average molecular weight is 290 g/mol. The number of anilines is 1. The molecule has 0 unspecified atom stereocenters. The van der Waals surface area contributed by atoms with Crippen LogP contribution in [0.5, 0.6) is 0 Å². The van der Waals surface area contributed by atoms with Gasteiger partial charge in [-0.05, 0) is 0 Å². The molecule has 114 valence electrons. The summed E-state index contributed by atoms with van der Waals surface area (Å²) in [6.07, 6.45) is 2.64. The molecule has 0 amide bonds. The number of hydrogen-bond donors (Lipinski definition) is 1. The number of fused-ring (bicyclic) bond motifs is 1. The van der Waals surface area contributed by atoms with E-state index in [-0.39, 0.29) is 0 Å². The summed E-state index contributed by atoms with van der Waals surface area (Å²) in [5, 5.41) is 8.70. The topological polar surface area (TPSA) is 68.1 Å². The Morgan fingerprint density at radius 1 is 1.29 bits per heavy atom. The maximum absolute atomic E-state index is 5.36. The van der Waals surface area contributed by atoms with Crippen molar-refractivity contribution in [3.63, 3.8) is 0 Å². The lowest BCUT2D eigenvalue weighted by atomic mass is 10.3. The van der Waals surface area contributed by atoms with Gasteiger partial charge in [-0.2, -0.15) is 5.10 Å². The molecule has 3 heterocycles. The number of morpholine rings is 1. The predicted octanol–water partition coefficient (Wildman–Crippen LogP) is 0.670. The summed E-state index contributed by atoms with van der Waals surface area (Å²) in [4.78, 5) is 11.5. The summed E-state index contributed by atoms with van der Waals surface area (Å²) in [6, 6.07) is 0. The molecular formula is C14H22N6O. The lowest BCUT2D eigenvalue weighted by Gasteiger charge is -2.26. The van der Waals surface area contributed by atoms with Crippen molar-refractivity contribution < 1.29 is 4.74 Å². The van der Waals surface area contributed by atoms with Crippen molar-refractivity contribution in [1.82, 2.24) is 24.6 Å². The van der Waals surface area contributed by atoms with Crippen LogP contribution in [0.4, 0.5) is 5.82 Å². The van der Waals surface area contributed by atoms with Crippen molar-refractivity contribution in [1.29, 1.82) is 0 Å². The van der Waals surface area contributed by atoms with Gasteiger partial charge in [-0.15, -0.1) is 0 Å². The van der Waals surface area contributed by atoms with Crippen LogP contribution in [0.2, 0.25) is 0 Å². The molecule has 21 heavy (non-hydrogen) atoms. The highest BCUT2D eigenvalue weighted by molar-refractivity contribution is 5.86. The smallest absolute Gasteiger partial charge is 0.163 e. The molecule has 0 bridgehead atoms. The van der Waals surface area contributed by atoms with Gasteiger partial charge < -0.3 is 10.1 Å². The number of aromatic nitrogens is 4. The second-order valence-corrected chi connectivity index (χ2v) is 5.23. The lowest BCUT2D eigenvalue weighted by molar-refractivity contribution is 0.0398. The van der Waals surface area contributed by atoms with Gasteiger partial charge in [0.25, 0.3) is 0 Å². The van der Waals surface area contributed by atoms with Crippen LogP contribution in [0.1, 0.15) is 12.7 Å². The van der Waals surface area contributed by atoms with Crippen molar-refractivity contribution in [3.05, 3.63) is 12.0 Å². The highest BCUT2D eigenvalue weighted by atomic mass is 16.5. The summed E-state index contributed by atoms with van der Waals surface area (Å²) < 4.78 is 7.16. The van der Waals surface area contributed by atoms with Crippen molar-refractivity contribution in [2.45, 2.75) is 13.3 Å². The van der Waals surface area contributed by atoms with Crippen LogP contribution in [0.3, 0.4) is 0 Å². The molecule has 7 heteroatoms. The first-order chi connectivity index (χ1) is 10.3. The minimum Gasteiger partial charge on any atom is -0.379 e. The second-order valence-electron chi connectivity index (χ2n) is 5.23. The summed E-state index contributed by atoms with van der Waals surface area (Å²) >= 11 is 0. The van der Waals surface area contributed by atoms with E-state index in [1.165, 1.54) is 0 Å². The Morgan fingerprint density at radius 2 is 2.10 bits per heavy atom. The zero-order valence-corrected chi connectivity index (χ0v) is 12.7. The van der Waals surface area contributed by atoms with Crippen LogP contribution in [0, 0.1) is 0 Å². The van der Waals surface area contributed by atoms with E-state index in [0.29, 0.717) is 0 Å². The molecule has 1 fully saturated rings. The van der Waals surface area contributed by atoms with E-state index in [4.69, 9.17) is 4.74 Å². The van der Waals surface area contributed by atoms with E-state index in [0.717, 1.165) is 68.5 Å². The van der Waals surface area contributed by atoms with E-state index in [1.807, 2.05) is 13.2 Å². The molecule has 2 aromatic rings. The zero-order chi connectivity index (χ0) is 14.7. The number of nitrogens with one attached hydrogen (secondary N) is 1. The number of rotatable bonds is 5. The molecule has 0 atom stereocenters. The van der Waals surface area contributed by atoms with Gasteiger partial charge in [0.05, 0.1) is 24.8 Å². The minimum atomic E-state index is 0.819. The highest BCUT2D eigenvalue weighted by Crippen LogP contribution is 2.19. The molecule has 7 nitrogen and oxygen atoms in total. The molecule has 0 aliphatic carbocycles. The molecule has 1 saturated heterocycles. The van der Waals surface area contributed by atoms with Crippen LogP contribution in [-0.4, -0.2) is 64.0 Å². The fourth-order valence-electron chi connectivity index (χ4n) is 2.52. The molecule has 0 aromatic carbocycles. The third-order valence-corrected chi connectivity index (χ3v) is 3.78. The highest BCUT2D eigenvalue weighted by Gasteiger charge is 2.12. The summed E-state index contributed by atoms with van der Waals surface area (Å²) in [5.41, 5.74) is 0.885. The molecule has 2 aromatic heterocycles. The Bertz CT molecular complexity index is 605. The fraction of sp³-hybridized carbons (Fsp3) is 0.643. The van der Waals surface area contributed by atoms with E-state index < -0.39 is 0 Å². The Labute approximate surface area is 124 Å². The molecule has 0 saturated carbocycles. The fourth-order valence-corrected chi connectivity index (χ4v) is 2.52. The average Bonchev–Trinajstić information content (AvgIpc) is 2.90. The largest absolute Gasteiger partial charge is 0.379 e. The van der Waals surface area contributed by atoms with Crippen LogP contribution in [0.15, 0.2) is 6.20 Å². The Kier molecular flexibility index (Phi) is 4.31. The summed E-state index contributed by atoms with van der Waals surface area (Å²) in [5.74, 6) is 1.73. The SMILES string of the molecule is CCc1nc(NCCN2CCOCC2)c2cnn(C)c2n1. The second kappa shape index (κ2) is 6.36. The molecule has 0 spiro atoms. The zero-order valence-electron chi connectivity index (χ0n) is 12.7. The van der Waals surface area contributed by atoms with Crippen molar-refractivity contribution in [2.75, 3.05) is 44.7 Å². The van der Waals surface area contributed by atoms with Gasteiger partial charge in [-0.25, -0.2) is 9.97 Å². The van der Waals surface area contributed by atoms with Crippen LogP contribution >= 0.6 is 0 Å². The third-order valence-electron chi connectivity index (χ3n) is 3.78. The van der Waals surface area contributed by atoms with Gasteiger partial charge in [0.1, 0.15) is 11.6 Å². The van der Waals surface area contributed by atoms with E-state index >= 15 is 0 Å². The quantitative estimate of drug-likeness (QED) is 0.873. The van der Waals surface area contributed by atoms with Crippen molar-refractivity contribution >= 4 is 16.9 Å². The summed E-state index contributed by atoms with van der Waals surface area (Å²) in [7, 11) is 1.91. The van der Waals surface area contributed by atoms with Crippen molar-refractivity contribution in [2.24, 2.45) is 7.05 Å². The lowest BCUT2D eigenvalue weighted by Crippen LogP contribution is -2.39. The maximum Gasteiger partial charge on any atom is 0.163 e. The molecular weight excluding hydrogens is 268 g/mol. The van der Waals surface area contributed by atoms with Gasteiger partial charge in [-0.1, -0.05) is 6.92 Å². The Balaban J connectivity index is 1.70. The molecule has 0 radical (unpaired) electrons. The molecule has 1 aliphatic heterocycles. The van der Waals surface area contributed by atoms with Gasteiger partial charge in [0, 0.05) is 39.6 Å². The molecule has 1 aliphatic rings. The maximum atomic E-state index is 5.36. The third kappa shape index (κ3) is 3.14. The van der Waals surface area contributed by atoms with E-state index in [1.54, 1.807) is 4.68 Å². The normalized spacial score (nSPS) is 16.5. The monoisotopic (exact) mass is 290 g/mol. The van der Waals surface area contributed by atoms with E-state index in [2.05, 4.69) is 32.2 Å². The first kappa shape index (κ1) is 14.2. The standard InChI is InChI=1S/C14H22N6O/c1-3-12-17-13(11-10-16-19(2)14(11)18-12)15-4-5-20-6-8-21-9-7-20/h10H,3-9H2,1-2H3,(H,15,17,18). The Hall–Kier alpha value is -1.73. The van der Waals surface area contributed by atoms with Gasteiger partial charge in [0.15, 0.2) is 5.65 Å². The number of nitrogens with zero attached hydrogens (tertiary/aromatic N) is 5. The first-order valence-corrected chi connectivity index (χ1v) is 7.50. The van der Waals surface area contributed by atoms with Crippen LogP contribution < -0.4 is 5.32 Å². The van der Waals surface area contributed by atoms with E-state index in [9.17, 15) is 0 Å². The summed E-state index contributed by atoms with van der Waals surface area (Å²) in [6.45, 7) is 7.61. The molecule has 1 N–H and O–H groups in total. The minimum absolute atomic E-state index is 0.819. The first-order valence-electron chi connectivity index (χ1n) is 7.50. The predicted molar refractivity (Wildman–Crippen MR) is 81.4 cm³/mol. The van der Waals surface area contributed by atoms with Gasteiger partial charge >= 0.3 is 0 Å². The van der Waals surface area contributed by atoms with Gasteiger partial charge in [0.2, 0.25) is 0 Å².